The maximum Gasteiger partial charge on any atom is 0.410 e. The fraction of sp³-hybridized carbons (Fsp3) is 0.400. The number of carboxylic acids is 1. The van der Waals surface area contributed by atoms with Crippen molar-refractivity contribution in [2.75, 3.05) is 6.54 Å². The molecule has 0 spiro atoms. The van der Waals surface area contributed by atoms with Crippen LogP contribution in [0.15, 0.2) is 18.2 Å². The SMILES string of the molecule is CC(=O)O[C@H](C)OC(=O)NC[C@H](Cc1cc(Cl)ccc1Cl)C(=O)O. The van der Waals surface area contributed by atoms with Gasteiger partial charge in [-0.1, -0.05) is 23.2 Å². The number of hydrogen-bond donors (Lipinski definition) is 2. The zero-order chi connectivity index (χ0) is 18.3. The smallest absolute Gasteiger partial charge is 0.410 e. The molecule has 0 unspecified atom stereocenters. The lowest BCUT2D eigenvalue weighted by atomic mass is 9.99. The third kappa shape index (κ3) is 7.06. The third-order valence-corrected chi connectivity index (χ3v) is 3.52. The summed E-state index contributed by atoms with van der Waals surface area (Å²) in [5, 5.41) is 12.4. The van der Waals surface area contributed by atoms with Crippen LogP contribution in [0, 0.1) is 5.92 Å². The molecule has 0 aliphatic heterocycles. The monoisotopic (exact) mass is 377 g/mol. The number of carbonyl (C=O) groups excluding carboxylic acids is 2. The van der Waals surface area contributed by atoms with Gasteiger partial charge in [0.2, 0.25) is 6.29 Å². The van der Waals surface area contributed by atoms with E-state index in [0.29, 0.717) is 15.6 Å². The summed E-state index contributed by atoms with van der Waals surface area (Å²) in [5.41, 5.74) is 0.556. The number of amides is 1. The minimum absolute atomic E-state index is 0.0779. The van der Waals surface area contributed by atoms with E-state index in [0.717, 1.165) is 0 Å². The molecule has 1 rings (SSSR count). The van der Waals surface area contributed by atoms with Gasteiger partial charge in [0.25, 0.3) is 0 Å². The Morgan fingerprint density at radius 3 is 2.50 bits per heavy atom. The molecule has 0 saturated heterocycles. The normalized spacial score (nSPS) is 12.8. The van der Waals surface area contributed by atoms with E-state index >= 15 is 0 Å². The summed E-state index contributed by atoms with van der Waals surface area (Å²) in [6, 6.07) is 4.73. The number of alkyl carbamates (subject to hydrolysis) is 1. The van der Waals surface area contributed by atoms with Gasteiger partial charge in [-0.15, -0.1) is 0 Å². The summed E-state index contributed by atoms with van der Waals surface area (Å²) in [5.74, 6) is -2.65. The van der Waals surface area contributed by atoms with E-state index in [-0.39, 0.29) is 13.0 Å². The van der Waals surface area contributed by atoms with Gasteiger partial charge in [-0.3, -0.25) is 9.59 Å². The zero-order valence-corrected chi connectivity index (χ0v) is 14.6. The molecule has 2 N–H and O–H groups in total. The van der Waals surface area contributed by atoms with Gasteiger partial charge < -0.3 is 19.9 Å². The van der Waals surface area contributed by atoms with Crippen LogP contribution in [0.3, 0.4) is 0 Å². The second-order valence-electron chi connectivity index (χ2n) is 4.94. The van der Waals surface area contributed by atoms with Crippen molar-refractivity contribution < 1.29 is 29.0 Å². The first-order chi connectivity index (χ1) is 11.2. The van der Waals surface area contributed by atoms with E-state index in [2.05, 4.69) is 10.1 Å². The van der Waals surface area contributed by atoms with Crippen LogP contribution in [-0.2, 0) is 25.5 Å². The molecular weight excluding hydrogens is 361 g/mol. The highest BCUT2D eigenvalue weighted by Gasteiger charge is 2.21. The fourth-order valence-corrected chi connectivity index (χ4v) is 2.26. The molecule has 24 heavy (non-hydrogen) atoms. The van der Waals surface area contributed by atoms with E-state index < -0.39 is 30.2 Å². The highest BCUT2D eigenvalue weighted by atomic mass is 35.5. The van der Waals surface area contributed by atoms with Crippen LogP contribution in [0.5, 0.6) is 0 Å². The number of halogens is 2. The number of benzene rings is 1. The minimum Gasteiger partial charge on any atom is -0.481 e. The first kappa shape index (κ1) is 20.1. The molecular formula is C15H17Cl2NO6. The van der Waals surface area contributed by atoms with Crippen LogP contribution in [0.4, 0.5) is 4.79 Å². The van der Waals surface area contributed by atoms with Crippen molar-refractivity contribution in [3.63, 3.8) is 0 Å². The predicted octanol–water partition coefficient (Wildman–Crippen LogP) is 2.87. The van der Waals surface area contributed by atoms with Gasteiger partial charge in [-0.2, -0.15) is 0 Å². The van der Waals surface area contributed by atoms with E-state index in [1.54, 1.807) is 18.2 Å². The summed E-state index contributed by atoms with van der Waals surface area (Å²) in [4.78, 5) is 33.6. The first-order valence-electron chi connectivity index (χ1n) is 6.97. The molecule has 1 aromatic carbocycles. The summed E-state index contributed by atoms with van der Waals surface area (Å²) in [7, 11) is 0. The lowest BCUT2D eigenvalue weighted by molar-refractivity contribution is -0.162. The Bertz CT molecular complexity index is 622. The van der Waals surface area contributed by atoms with Crippen molar-refractivity contribution in [1.82, 2.24) is 5.32 Å². The molecule has 1 aromatic rings. The van der Waals surface area contributed by atoms with E-state index in [1.165, 1.54) is 13.8 Å². The Balaban J connectivity index is 2.61. The molecule has 132 valence electrons. The van der Waals surface area contributed by atoms with Crippen molar-refractivity contribution in [2.24, 2.45) is 5.92 Å². The molecule has 1 amide bonds. The Morgan fingerprint density at radius 1 is 1.25 bits per heavy atom. The average Bonchev–Trinajstić information content (AvgIpc) is 2.45. The van der Waals surface area contributed by atoms with Crippen LogP contribution in [0.1, 0.15) is 19.4 Å². The second kappa shape index (κ2) is 9.34. The number of rotatable bonds is 7. The molecule has 9 heteroatoms. The molecule has 0 saturated carbocycles. The van der Waals surface area contributed by atoms with Crippen molar-refractivity contribution in [1.29, 1.82) is 0 Å². The van der Waals surface area contributed by atoms with Crippen molar-refractivity contribution in [3.05, 3.63) is 33.8 Å². The molecule has 0 radical (unpaired) electrons. The molecule has 0 fully saturated rings. The molecule has 0 bridgehead atoms. The largest absolute Gasteiger partial charge is 0.481 e. The maximum absolute atomic E-state index is 11.6. The minimum atomic E-state index is -1.11. The summed E-state index contributed by atoms with van der Waals surface area (Å²) in [6.45, 7) is 2.35. The third-order valence-electron chi connectivity index (χ3n) is 2.92. The number of nitrogens with one attached hydrogen (secondary N) is 1. The van der Waals surface area contributed by atoms with Crippen LogP contribution in [-0.4, -0.2) is 36.0 Å². The Hall–Kier alpha value is -1.99. The molecule has 0 aliphatic rings. The Labute approximate surface area is 148 Å². The highest BCUT2D eigenvalue weighted by Crippen LogP contribution is 2.23. The van der Waals surface area contributed by atoms with Crippen LogP contribution in [0.25, 0.3) is 0 Å². The highest BCUT2D eigenvalue weighted by molar-refractivity contribution is 6.33. The van der Waals surface area contributed by atoms with Gasteiger partial charge in [0, 0.05) is 30.4 Å². The van der Waals surface area contributed by atoms with Crippen LogP contribution in [0.2, 0.25) is 10.0 Å². The van der Waals surface area contributed by atoms with Gasteiger partial charge in [-0.05, 0) is 30.2 Å². The zero-order valence-electron chi connectivity index (χ0n) is 13.0. The van der Waals surface area contributed by atoms with Crippen LogP contribution >= 0.6 is 23.2 Å². The first-order valence-corrected chi connectivity index (χ1v) is 7.73. The van der Waals surface area contributed by atoms with E-state index in [9.17, 15) is 19.5 Å². The van der Waals surface area contributed by atoms with Gasteiger partial charge in [-0.25, -0.2) is 4.79 Å². The topological polar surface area (TPSA) is 102 Å². The molecule has 0 heterocycles. The fourth-order valence-electron chi connectivity index (χ4n) is 1.87. The summed E-state index contributed by atoms with van der Waals surface area (Å²) >= 11 is 11.9. The molecule has 0 aromatic heterocycles. The van der Waals surface area contributed by atoms with Crippen molar-refractivity contribution in [2.45, 2.75) is 26.6 Å². The maximum atomic E-state index is 11.6. The number of aliphatic carboxylic acids is 1. The Morgan fingerprint density at radius 2 is 1.92 bits per heavy atom. The van der Waals surface area contributed by atoms with Crippen molar-refractivity contribution in [3.8, 4) is 0 Å². The van der Waals surface area contributed by atoms with Gasteiger partial charge >= 0.3 is 18.0 Å². The van der Waals surface area contributed by atoms with E-state index in [1.807, 2.05) is 0 Å². The lowest BCUT2D eigenvalue weighted by Gasteiger charge is -2.16. The quantitative estimate of drug-likeness (QED) is 0.559. The molecule has 7 nitrogen and oxygen atoms in total. The summed E-state index contributed by atoms with van der Waals surface area (Å²) in [6.07, 6.45) is -1.89. The number of carbonyl (C=O) groups is 3. The number of hydrogen-bond acceptors (Lipinski definition) is 5. The van der Waals surface area contributed by atoms with Gasteiger partial charge in [0.05, 0.1) is 5.92 Å². The standard InChI is InChI=1S/C15H17Cl2NO6/c1-8(19)23-9(2)24-15(22)18-7-11(14(20)21)5-10-6-12(16)3-4-13(10)17/h3-4,6,9,11H,5,7H2,1-2H3,(H,18,22)(H,20,21)/t9-,11-/m0/s1. The average molecular weight is 378 g/mol. The van der Waals surface area contributed by atoms with Gasteiger partial charge in [0.1, 0.15) is 0 Å². The second-order valence-corrected chi connectivity index (χ2v) is 5.78. The van der Waals surface area contributed by atoms with E-state index in [4.69, 9.17) is 27.9 Å². The number of esters is 1. The van der Waals surface area contributed by atoms with Gasteiger partial charge in [0.15, 0.2) is 0 Å². The number of carboxylic acid groups (broad SMARTS) is 1. The molecule has 0 aliphatic carbocycles. The van der Waals surface area contributed by atoms with Crippen molar-refractivity contribution >= 4 is 41.2 Å². The lowest BCUT2D eigenvalue weighted by Crippen LogP contribution is -2.36. The number of ether oxygens (including phenoxy) is 2. The molecule has 2 atom stereocenters. The van der Waals surface area contributed by atoms with Crippen LogP contribution < -0.4 is 5.32 Å². The Kier molecular flexibility index (Phi) is 7.81. The predicted molar refractivity (Wildman–Crippen MR) is 87.0 cm³/mol. The summed E-state index contributed by atoms with van der Waals surface area (Å²) < 4.78 is 9.38.